The van der Waals surface area contributed by atoms with Gasteiger partial charge in [0.05, 0.1) is 11.4 Å². The van der Waals surface area contributed by atoms with Crippen LogP contribution in [0, 0.1) is 11.2 Å². The van der Waals surface area contributed by atoms with E-state index in [1.54, 1.807) is 19.1 Å². The normalized spacial score (nSPS) is 20.7. The number of rotatable bonds is 9. The van der Waals surface area contributed by atoms with Gasteiger partial charge >= 0.3 is 0 Å². The molecular weight excluding hydrogens is 431 g/mol. The molecule has 0 unspecified atom stereocenters. The molecule has 1 heterocycles. The molecule has 0 atom stereocenters. The van der Waals surface area contributed by atoms with Crippen molar-refractivity contribution < 1.29 is 18.0 Å². The van der Waals surface area contributed by atoms with Gasteiger partial charge in [0.1, 0.15) is 23.6 Å². The van der Waals surface area contributed by atoms with Crippen molar-refractivity contribution in [3.8, 4) is 11.3 Å². The van der Waals surface area contributed by atoms with Gasteiger partial charge < -0.3 is 10.6 Å². The Morgan fingerprint density at radius 1 is 1.30 bits per heavy atom. The lowest BCUT2D eigenvalue weighted by Gasteiger charge is -2.44. The van der Waals surface area contributed by atoms with Crippen LogP contribution in [0.4, 0.5) is 19.0 Å². The largest absolute Gasteiger partial charge is 0.368 e. The summed E-state index contributed by atoms with van der Waals surface area (Å²) in [6.07, 6.45) is 1.75. The summed E-state index contributed by atoms with van der Waals surface area (Å²) in [5.74, 6) is -1.03. The van der Waals surface area contributed by atoms with Crippen molar-refractivity contribution in [2.24, 2.45) is 10.4 Å². The van der Waals surface area contributed by atoms with E-state index in [-0.39, 0.29) is 42.3 Å². The Kier molecular flexibility index (Phi) is 7.63. The van der Waals surface area contributed by atoms with Gasteiger partial charge in [-0.2, -0.15) is 0 Å². The highest BCUT2D eigenvalue weighted by Gasteiger charge is 2.49. The zero-order valence-corrected chi connectivity index (χ0v) is 18.5. The molecule has 1 amide bonds. The SMILES string of the molecule is C=C/C=C(/F)C(=NC)C1(CNc2ccc(-c3cc(C(=O)NCC)ccc3F)nn2)CC(F)C1. The molecule has 1 saturated carbocycles. The van der Waals surface area contributed by atoms with E-state index in [1.165, 1.54) is 37.4 Å². The summed E-state index contributed by atoms with van der Waals surface area (Å²) in [5.41, 5.74) is 0.0712. The van der Waals surface area contributed by atoms with E-state index < -0.39 is 23.2 Å². The maximum Gasteiger partial charge on any atom is 0.251 e. The molecule has 0 radical (unpaired) electrons. The van der Waals surface area contributed by atoms with Gasteiger partial charge in [0, 0.05) is 36.7 Å². The Labute approximate surface area is 190 Å². The zero-order valence-electron chi connectivity index (χ0n) is 18.5. The number of anilines is 1. The van der Waals surface area contributed by atoms with Gasteiger partial charge in [0.25, 0.3) is 5.91 Å². The van der Waals surface area contributed by atoms with E-state index >= 15 is 0 Å². The summed E-state index contributed by atoms with van der Waals surface area (Å²) in [6.45, 7) is 5.93. The van der Waals surface area contributed by atoms with Crippen LogP contribution in [0.15, 0.2) is 59.9 Å². The number of alkyl halides is 1. The minimum absolute atomic E-state index is 0.133. The van der Waals surface area contributed by atoms with E-state index in [2.05, 4.69) is 32.4 Å². The first kappa shape index (κ1) is 24.2. The lowest BCUT2D eigenvalue weighted by molar-refractivity contribution is 0.0937. The Bertz CT molecular complexity index is 1080. The zero-order chi connectivity index (χ0) is 24.0. The number of benzene rings is 1. The molecule has 2 N–H and O–H groups in total. The van der Waals surface area contributed by atoms with E-state index in [1.807, 2.05) is 0 Å². The van der Waals surface area contributed by atoms with Crippen molar-refractivity contribution in [3.05, 3.63) is 66.3 Å². The number of aromatic nitrogens is 2. The van der Waals surface area contributed by atoms with Crippen LogP contribution in [0.2, 0.25) is 0 Å². The number of nitrogens with zero attached hydrogens (tertiary/aromatic N) is 3. The summed E-state index contributed by atoms with van der Waals surface area (Å²) in [7, 11) is 1.47. The number of nitrogens with one attached hydrogen (secondary N) is 2. The second-order valence-corrected chi connectivity index (χ2v) is 7.82. The maximum absolute atomic E-state index is 14.5. The van der Waals surface area contributed by atoms with Gasteiger partial charge in [0.15, 0.2) is 0 Å². The first-order valence-corrected chi connectivity index (χ1v) is 10.6. The predicted molar refractivity (Wildman–Crippen MR) is 123 cm³/mol. The molecular formula is C24H26F3N5O. The van der Waals surface area contributed by atoms with Gasteiger partial charge in [-0.3, -0.25) is 9.79 Å². The van der Waals surface area contributed by atoms with Crippen LogP contribution >= 0.6 is 0 Å². The van der Waals surface area contributed by atoms with E-state index in [9.17, 15) is 18.0 Å². The van der Waals surface area contributed by atoms with Crippen molar-refractivity contribution in [2.45, 2.75) is 25.9 Å². The number of halogens is 3. The average Bonchev–Trinajstić information content (AvgIpc) is 2.78. The Hall–Kier alpha value is -3.49. The van der Waals surface area contributed by atoms with Gasteiger partial charge in [-0.05, 0) is 56.2 Å². The molecule has 174 valence electrons. The minimum atomic E-state index is -1.03. The summed E-state index contributed by atoms with van der Waals surface area (Å²) in [5, 5.41) is 13.8. The van der Waals surface area contributed by atoms with Crippen LogP contribution in [-0.4, -0.2) is 48.1 Å². The predicted octanol–water partition coefficient (Wildman–Crippen LogP) is 4.67. The maximum atomic E-state index is 14.5. The number of hydrogen-bond acceptors (Lipinski definition) is 5. The molecule has 1 aliphatic rings. The quantitative estimate of drug-likeness (QED) is 0.424. The first-order chi connectivity index (χ1) is 15.8. The third-order valence-electron chi connectivity index (χ3n) is 5.56. The number of allylic oxidation sites excluding steroid dienone is 3. The lowest BCUT2D eigenvalue weighted by Crippen LogP contribution is -2.50. The second kappa shape index (κ2) is 10.4. The van der Waals surface area contributed by atoms with Gasteiger partial charge in [-0.1, -0.05) is 12.7 Å². The lowest BCUT2D eigenvalue weighted by atomic mass is 9.63. The van der Waals surface area contributed by atoms with E-state index in [4.69, 9.17) is 0 Å². The third kappa shape index (κ3) is 5.30. The standard InChI is InChI=1S/C24H26F3N5O/c1-4-6-19(27)22(28-3)24(12-16(25)13-24)14-30-21-10-9-20(31-32-21)17-11-15(7-8-18(17)26)23(33)29-5-2/h4,6-11,16H,1,5,12-14H2,2-3H3,(H,29,33)(H,30,32)/b19-6+,28-22?. The second-order valence-electron chi connectivity index (χ2n) is 7.82. The number of aliphatic imine (C=N–C) groups is 1. The van der Waals surface area contributed by atoms with Crippen LogP contribution < -0.4 is 10.6 Å². The Morgan fingerprint density at radius 2 is 2.06 bits per heavy atom. The summed E-state index contributed by atoms with van der Waals surface area (Å²) in [6, 6.07) is 7.18. The van der Waals surface area contributed by atoms with Crippen molar-refractivity contribution in [1.82, 2.24) is 15.5 Å². The molecule has 0 aliphatic heterocycles. The van der Waals surface area contributed by atoms with E-state index in [0.717, 1.165) is 0 Å². The highest BCUT2D eigenvalue weighted by molar-refractivity contribution is 6.04. The molecule has 0 saturated heterocycles. The summed E-state index contributed by atoms with van der Waals surface area (Å²) in [4.78, 5) is 16.1. The highest BCUT2D eigenvalue weighted by Crippen LogP contribution is 2.46. The number of carbonyl (C=O) groups excluding carboxylic acids is 1. The Morgan fingerprint density at radius 3 is 2.64 bits per heavy atom. The molecule has 3 rings (SSSR count). The molecule has 1 fully saturated rings. The minimum Gasteiger partial charge on any atom is -0.368 e. The van der Waals surface area contributed by atoms with Crippen molar-refractivity contribution in [3.63, 3.8) is 0 Å². The fourth-order valence-corrected chi connectivity index (χ4v) is 3.94. The molecule has 0 bridgehead atoms. The number of amides is 1. The number of hydrogen-bond donors (Lipinski definition) is 2. The van der Waals surface area contributed by atoms with Crippen molar-refractivity contribution in [2.75, 3.05) is 25.5 Å². The monoisotopic (exact) mass is 457 g/mol. The molecule has 0 spiro atoms. The van der Waals surface area contributed by atoms with Crippen LogP contribution in [0.5, 0.6) is 0 Å². The molecule has 2 aromatic rings. The van der Waals surface area contributed by atoms with Gasteiger partial charge in [-0.25, -0.2) is 13.2 Å². The molecule has 1 aromatic heterocycles. The van der Waals surface area contributed by atoms with Crippen molar-refractivity contribution in [1.29, 1.82) is 0 Å². The number of carbonyl (C=O) groups is 1. The summed E-state index contributed by atoms with van der Waals surface area (Å²) >= 11 is 0. The van der Waals surface area contributed by atoms with E-state index in [0.29, 0.717) is 17.9 Å². The van der Waals surface area contributed by atoms with Gasteiger partial charge in [0.2, 0.25) is 0 Å². The average molecular weight is 458 g/mol. The third-order valence-corrected chi connectivity index (χ3v) is 5.56. The molecule has 9 heteroatoms. The highest BCUT2D eigenvalue weighted by atomic mass is 19.1. The first-order valence-electron chi connectivity index (χ1n) is 10.6. The van der Waals surface area contributed by atoms with Crippen LogP contribution in [0.25, 0.3) is 11.3 Å². The van der Waals surface area contributed by atoms with Crippen LogP contribution in [0.1, 0.15) is 30.1 Å². The fraction of sp³-hybridized carbons (Fsp3) is 0.333. The molecule has 1 aliphatic carbocycles. The van der Waals surface area contributed by atoms with Crippen LogP contribution in [0.3, 0.4) is 0 Å². The molecule has 6 nitrogen and oxygen atoms in total. The smallest absolute Gasteiger partial charge is 0.251 e. The van der Waals surface area contributed by atoms with Gasteiger partial charge in [-0.15, -0.1) is 10.2 Å². The van der Waals surface area contributed by atoms with Crippen LogP contribution in [-0.2, 0) is 0 Å². The Balaban J connectivity index is 1.77. The molecule has 33 heavy (non-hydrogen) atoms. The van der Waals surface area contributed by atoms with Crippen molar-refractivity contribution >= 4 is 17.4 Å². The fourth-order valence-electron chi connectivity index (χ4n) is 3.94. The molecule has 1 aromatic carbocycles. The topological polar surface area (TPSA) is 79.3 Å². The summed E-state index contributed by atoms with van der Waals surface area (Å²) < 4.78 is 42.6.